The number of hydrogen-bond acceptors (Lipinski definition) is 5. The van der Waals surface area contributed by atoms with Crippen molar-refractivity contribution in [3.63, 3.8) is 0 Å². The van der Waals surface area contributed by atoms with Gasteiger partial charge >= 0.3 is 0 Å². The van der Waals surface area contributed by atoms with Crippen molar-refractivity contribution in [3.05, 3.63) is 83.9 Å². The highest BCUT2D eigenvalue weighted by atomic mass is 16.5. The van der Waals surface area contributed by atoms with E-state index in [1.807, 2.05) is 66.4 Å². The molecule has 3 aromatic rings. The zero-order valence-corrected chi connectivity index (χ0v) is 19.2. The molecular weight excluding hydrogens is 430 g/mol. The molecule has 4 rings (SSSR count). The van der Waals surface area contributed by atoms with Crippen LogP contribution in [0.5, 0.6) is 17.2 Å². The molecule has 1 saturated heterocycles. The number of hydrogen-bond donors (Lipinski definition) is 2. The van der Waals surface area contributed by atoms with E-state index in [4.69, 9.17) is 15.2 Å². The predicted molar refractivity (Wildman–Crippen MR) is 131 cm³/mol. The van der Waals surface area contributed by atoms with Crippen LogP contribution in [0.4, 0.5) is 5.69 Å². The smallest absolute Gasteiger partial charge is 0.249 e. The van der Waals surface area contributed by atoms with Gasteiger partial charge in [0, 0.05) is 24.3 Å². The molecule has 7 nitrogen and oxygen atoms in total. The van der Waals surface area contributed by atoms with E-state index in [0.29, 0.717) is 35.1 Å². The summed E-state index contributed by atoms with van der Waals surface area (Å²) in [5, 5.41) is 3.31. The fourth-order valence-electron chi connectivity index (χ4n) is 4.01. The summed E-state index contributed by atoms with van der Waals surface area (Å²) in [5.41, 5.74) is 7.20. The molecule has 7 heteroatoms. The van der Waals surface area contributed by atoms with Gasteiger partial charge in [-0.25, -0.2) is 0 Å². The van der Waals surface area contributed by atoms with Crippen LogP contribution in [-0.2, 0) is 4.79 Å². The fourth-order valence-corrected chi connectivity index (χ4v) is 4.01. The Morgan fingerprint density at radius 2 is 1.74 bits per heavy atom. The van der Waals surface area contributed by atoms with E-state index < -0.39 is 11.9 Å². The van der Waals surface area contributed by atoms with Crippen molar-refractivity contribution in [1.82, 2.24) is 4.90 Å². The van der Waals surface area contributed by atoms with Crippen molar-refractivity contribution in [1.29, 1.82) is 0 Å². The summed E-state index contributed by atoms with van der Waals surface area (Å²) in [7, 11) is 0. The molecule has 3 N–H and O–H groups in total. The van der Waals surface area contributed by atoms with Crippen LogP contribution in [0.15, 0.2) is 72.8 Å². The summed E-state index contributed by atoms with van der Waals surface area (Å²) in [6.07, 6.45) is 1.98. The molecule has 1 fully saturated rings. The van der Waals surface area contributed by atoms with Gasteiger partial charge in [0.1, 0.15) is 11.8 Å². The minimum atomic E-state index is -0.661. The second-order valence-corrected chi connectivity index (χ2v) is 8.11. The van der Waals surface area contributed by atoms with Gasteiger partial charge < -0.3 is 25.4 Å². The zero-order chi connectivity index (χ0) is 23.9. The molecule has 0 radical (unpaired) electrons. The van der Waals surface area contributed by atoms with Crippen LogP contribution in [0.2, 0.25) is 0 Å². The Morgan fingerprint density at radius 1 is 0.971 bits per heavy atom. The second-order valence-electron chi connectivity index (χ2n) is 8.11. The van der Waals surface area contributed by atoms with E-state index in [1.54, 1.807) is 18.2 Å². The van der Waals surface area contributed by atoms with E-state index in [-0.39, 0.29) is 5.91 Å². The molecule has 1 aliphatic heterocycles. The van der Waals surface area contributed by atoms with Gasteiger partial charge in [-0.05, 0) is 67.8 Å². The van der Waals surface area contributed by atoms with Crippen molar-refractivity contribution >= 4 is 17.5 Å². The van der Waals surface area contributed by atoms with Crippen LogP contribution in [0.3, 0.4) is 0 Å². The average Bonchev–Trinajstić information content (AvgIpc) is 3.39. The molecule has 0 saturated carbocycles. The summed E-state index contributed by atoms with van der Waals surface area (Å²) in [6, 6.07) is 21.2. The summed E-state index contributed by atoms with van der Waals surface area (Å²) < 4.78 is 11.9. The molecule has 0 spiro atoms. The van der Waals surface area contributed by atoms with Crippen molar-refractivity contribution in [2.24, 2.45) is 5.73 Å². The molecule has 3 aromatic carbocycles. The predicted octanol–water partition coefficient (Wildman–Crippen LogP) is 4.75. The highest BCUT2D eigenvalue weighted by molar-refractivity contribution is 5.94. The number of carbonyl (C=O) groups excluding carboxylic acids is 2. The average molecular weight is 460 g/mol. The molecule has 34 heavy (non-hydrogen) atoms. The van der Waals surface area contributed by atoms with Gasteiger partial charge in [-0.15, -0.1) is 0 Å². The number of para-hydroxylation sites is 1. The number of nitrogens with zero attached hydrogens (tertiary/aromatic N) is 1. The van der Waals surface area contributed by atoms with Crippen LogP contribution < -0.4 is 20.5 Å². The molecule has 0 bridgehead atoms. The van der Waals surface area contributed by atoms with E-state index in [1.165, 1.54) is 0 Å². The molecule has 1 heterocycles. The van der Waals surface area contributed by atoms with Gasteiger partial charge in [-0.3, -0.25) is 9.59 Å². The largest absolute Gasteiger partial charge is 0.490 e. The van der Waals surface area contributed by atoms with E-state index in [0.717, 1.165) is 31.5 Å². The summed E-state index contributed by atoms with van der Waals surface area (Å²) in [6.45, 7) is 3.81. The van der Waals surface area contributed by atoms with Crippen LogP contribution in [0.1, 0.15) is 41.7 Å². The Bertz CT molecular complexity index is 1140. The monoisotopic (exact) mass is 459 g/mol. The highest BCUT2D eigenvalue weighted by Crippen LogP contribution is 2.35. The molecule has 1 aliphatic rings. The van der Waals surface area contributed by atoms with E-state index in [9.17, 15) is 9.59 Å². The number of nitrogens with one attached hydrogen (secondary N) is 1. The Balaban J connectivity index is 1.68. The Hall–Kier alpha value is -4.00. The van der Waals surface area contributed by atoms with Crippen molar-refractivity contribution < 1.29 is 19.1 Å². The molecule has 0 unspecified atom stereocenters. The number of likely N-dealkylation sites (tertiary alicyclic amines) is 1. The lowest BCUT2D eigenvalue weighted by Gasteiger charge is -2.26. The normalized spacial score (nSPS) is 13.9. The topological polar surface area (TPSA) is 93.9 Å². The minimum Gasteiger partial charge on any atom is -0.490 e. The zero-order valence-electron chi connectivity index (χ0n) is 19.2. The Labute approximate surface area is 199 Å². The molecule has 2 amide bonds. The Kier molecular flexibility index (Phi) is 7.32. The summed E-state index contributed by atoms with van der Waals surface area (Å²) in [5.74, 6) is 1.27. The van der Waals surface area contributed by atoms with E-state index in [2.05, 4.69) is 5.32 Å². The third-order valence-corrected chi connectivity index (χ3v) is 5.69. The summed E-state index contributed by atoms with van der Waals surface area (Å²) in [4.78, 5) is 27.0. The van der Waals surface area contributed by atoms with E-state index >= 15 is 0 Å². The lowest BCUT2D eigenvalue weighted by Crippen LogP contribution is -2.36. The first-order valence-corrected chi connectivity index (χ1v) is 11.5. The first-order valence-electron chi connectivity index (χ1n) is 11.5. The maximum atomic E-state index is 13.5. The number of ether oxygens (including phenoxy) is 2. The van der Waals surface area contributed by atoms with Gasteiger partial charge in [-0.1, -0.05) is 30.3 Å². The first kappa shape index (κ1) is 23.2. The number of amides is 2. The lowest BCUT2D eigenvalue weighted by molar-refractivity contribution is -0.131. The standard InChI is InChI=1S/C27H29N3O4/c1-2-33-24-18-19(13-14-23(24)34-22-11-4-3-5-12-22)25(27(32)30-15-6-7-16-30)29-21-10-8-9-20(17-21)26(28)31/h3-5,8-14,17-18,25,29H,2,6-7,15-16H2,1H3,(H2,28,31)/t25-/m0/s1. The molecule has 0 aromatic heterocycles. The number of nitrogens with two attached hydrogens (primary N) is 1. The Morgan fingerprint density at radius 3 is 2.44 bits per heavy atom. The van der Waals surface area contributed by atoms with Gasteiger partial charge in [0.2, 0.25) is 11.8 Å². The first-order chi connectivity index (χ1) is 16.5. The van der Waals surface area contributed by atoms with Crippen LogP contribution >= 0.6 is 0 Å². The molecule has 0 aliphatic carbocycles. The quantitative estimate of drug-likeness (QED) is 0.482. The number of anilines is 1. The third-order valence-electron chi connectivity index (χ3n) is 5.69. The van der Waals surface area contributed by atoms with Gasteiger partial charge in [0.15, 0.2) is 11.5 Å². The van der Waals surface area contributed by atoms with Gasteiger partial charge in [0.05, 0.1) is 6.61 Å². The number of benzene rings is 3. The van der Waals surface area contributed by atoms with Crippen molar-refractivity contribution in [2.75, 3.05) is 25.0 Å². The number of primary amides is 1. The third kappa shape index (κ3) is 5.49. The SMILES string of the molecule is CCOc1cc([C@H](Nc2cccc(C(N)=O)c2)C(=O)N2CCCC2)ccc1Oc1ccccc1. The van der Waals surface area contributed by atoms with Gasteiger partial charge in [-0.2, -0.15) is 0 Å². The highest BCUT2D eigenvalue weighted by Gasteiger charge is 2.29. The maximum absolute atomic E-state index is 13.5. The lowest BCUT2D eigenvalue weighted by atomic mass is 10.0. The molecule has 176 valence electrons. The minimum absolute atomic E-state index is 0.0267. The molecular formula is C27H29N3O4. The molecule has 1 atom stereocenters. The second kappa shape index (κ2) is 10.7. The summed E-state index contributed by atoms with van der Waals surface area (Å²) >= 11 is 0. The fraction of sp³-hybridized carbons (Fsp3) is 0.259. The number of rotatable bonds is 9. The van der Waals surface area contributed by atoms with Crippen LogP contribution in [0, 0.1) is 0 Å². The number of carbonyl (C=O) groups is 2. The van der Waals surface area contributed by atoms with Crippen molar-refractivity contribution in [3.8, 4) is 17.2 Å². The maximum Gasteiger partial charge on any atom is 0.249 e. The van der Waals surface area contributed by atoms with Crippen LogP contribution in [-0.4, -0.2) is 36.4 Å². The van der Waals surface area contributed by atoms with Crippen LogP contribution in [0.25, 0.3) is 0 Å². The van der Waals surface area contributed by atoms with Crippen molar-refractivity contribution in [2.45, 2.75) is 25.8 Å². The van der Waals surface area contributed by atoms with Gasteiger partial charge in [0.25, 0.3) is 0 Å².